The van der Waals surface area contributed by atoms with Gasteiger partial charge in [0, 0.05) is 6.04 Å². The lowest BCUT2D eigenvalue weighted by atomic mass is 10.00. The molecule has 1 N–H and O–H groups in total. The van der Waals surface area contributed by atoms with Crippen LogP contribution < -0.4 is 5.32 Å². The van der Waals surface area contributed by atoms with Crippen LogP contribution in [-0.4, -0.2) is 38.5 Å². The van der Waals surface area contributed by atoms with E-state index >= 15 is 0 Å². The Hall–Kier alpha value is -0.120. The van der Waals surface area contributed by atoms with Crippen molar-refractivity contribution in [2.45, 2.75) is 39.3 Å². The van der Waals surface area contributed by atoms with Crippen molar-refractivity contribution in [1.29, 1.82) is 0 Å². The van der Waals surface area contributed by atoms with Crippen LogP contribution in [0.5, 0.6) is 0 Å². The summed E-state index contributed by atoms with van der Waals surface area (Å²) in [6.07, 6.45) is 1.54. The minimum absolute atomic E-state index is 0.347. The molecule has 0 bridgehead atoms. The molecule has 0 saturated carbocycles. The second-order valence-corrected chi connectivity index (χ2v) is 4.04. The zero-order valence-corrected chi connectivity index (χ0v) is 9.58. The summed E-state index contributed by atoms with van der Waals surface area (Å²) in [5, 5.41) is 3.47. The smallest absolute Gasteiger partial charge is 0.104 e. The van der Waals surface area contributed by atoms with Gasteiger partial charge in [0.1, 0.15) is 6.10 Å². The van der Waals surface area contributed by atoms with Gasteiger partial charge in [0.25, 0.3) is 0 Å². The summed E-state index contributed by atoms with van der Waals surface area (Å²) in [7, 11) is 0. The van der Waals surface area contributed by atoms with Gasteiger partial charge in [-0.15, -0.1) is 0 Å². The van der Waals surface area contributed by atoms with Gasteiger partial charge in [-0.3, -0.25) is 0 Å². The predicted octanol–water partition coefficient (Wildman–Crippen LogP) is 1.43. The standard InChI is InChI=1S/C11H23NO2/c1-4-9(3)11(12-5-2)8-14-10-6-13-7-10/h9-12H,4-8H2,1-3H3. The molecule has 0 spiro atoms. The Morgan fingerprint density at radius 2 is 2.14 bits per heavy atom. The van der Waals surface area contributed by atoms with E-state index in [4.69, 9.17) is 9.47 Å². The minimum Gasteiger partial charge on any atom is -0.376 e. The molecule has 1 rings (SSSR count). The first-order chi connectivity index (χ1) is 6.77. The van der Waals surface area contributed by atoms with Crippen LogP contribution in [0.4, 0.5) is 0 Å². The molecule has 2 atom stereocenters. The van der Waals surface area contributed by atoms with Crippen LogP contribution in [0.2, 0.25) is 0 Å². The summed E-state index contributed by atoms with van der Waals surface area (Å²) in [4.78, 5) is 0. The molecule has 1 aliphatic rings. The van der Waals surface area contributed by atoms with Crippen molar-refractivity contribution in [2.24, 2.45) is 5.92 Å². The SMILES string of the molecule is CCNC(COC1COC1)C(C)CC. The maximum absolute atomic E-state index is 5.73. The average Bonchev–Trinajstić information content (AvgIpc) is 2.13. The highest BCUT2D eigenvalue weighted by atomic mass is 16.6. The highest BCUT2D eigenvalue weighted by molar-refractivity contribution is 4.73. The van der Waals surface area contributed by atoms with E-state index in [0.717, 1.165) is 26.4 Å². The van der Waals surface area contributed by atoms with Crippen LogP contribution in [0.25, 0.3) is 0 Å². The highest BCUT2D eigenvalue weighted by Gasteiger charge is 2.22. The third-order valence-electron chi connectivity index (χ3n) is 2.92. The van der Waals surface area contributed by atoms with Gasteiger partial charge in [-0.2, -0.15) is 0 Å². The number of likely N-dealkylation sites (N-methyl/N-ethyl adjacent to an activating group) is 1. The molecule has 1 fully saturated rings. The van der Waals surface area contributed by atoms with Crippen molar-refractivity contribution < 1.29 is 9.47 Å². The molecule has 1 heterocycles. The molecule has 0 aromatic carbocycles. The number of nitrogens with one attached hydrogen (secondary N) is 1. The summed E-state index contributed by atoms with van der Waals surface area (Å²) in [5.74, 6) is 0.677. The van der Waals surface area contributed by atoms with Crippen LogP contribution in [0.15, 0.2) is 0 Å². The number of hydrogen-bond acceptors (Lipinski definition) is 3. The van der Waals surface area contributed by atoms with Crippen LogP contribution in [-0.2, 0) is 9.47 Å². The lowest BCUT2D eigenvalue weighted by molar-refractivity contribution is -0.134. The molecule has 0 radical (unpaired) electrons. The summed E-state index contributed by atoms with van der Waals surface area (Å²) in [6.45, 7) is 10.0. The summed E-state index contributed by atoms with van der Waals surface area (Å²) in [6, 6.07) is 0.491. The van der Waals surface area contributed by atoms with Crippen molar-refractivity contribution in [3.05, 3.63) is 0 Å². The topological polar surface area (TPSA) is 30.5 Å². The molecule has 1 saturated heterocycles. The Morgan fingerprint density at radius 3 is 2.57 bits per heavy atom. The molecule has 14 heavy (non-hydrogen) atoms. The minimum atomic E-state index is 0.347. The van der Waals surface area contributed by atoms with E-state index in [0.29, 0.717) is 18.1 Å². The van der Waals surface area contributed by atoms with Crippen molar-refractivity contribution in [3.8, 4) is 0 Å². The van der Waals surface area contributed by atoms with E-state index in [2.05, 4.69) is 26.1 Å². The normalized spacial score (nSPS) is 21.6. The Morgan fingerprint density at radius 1 is 1.43 bits per heavy atom. The van der Waals surface area contributed by atoms with Gasteiger partial charge in [0.05, 0.1) is 19.8 Å². The van der Waals surface area contributed by atoms with E-state index in [-0.39, 0.29) is 0 Å². The summed E-state index contributed by atoms with van der Waals surface area (Å²) < 4.78 is 10.8. The largest absolute Gasteiger partial charge is 0.376 e. The van der Waals surface area contributed by atoms with Crippen molar-refractivity contribution >= 4 is 0 Å². The molecule has 2 unspecified atom stereocenters. The fraction of sp³-hybridized carbons (Fsp3) is 1.00. The zero-order valence-electron chi connectivity index (χ0n) is 9.58. The first kappa shape index (κ1) is 12.0. The zero-order chi connectivity index (χ0) is 10.4. The van der Waals surface area contributed by atoms with E-state index in [1.54, 1.807) is 0 Å². The van der Waals surface area contributed by atoms with E-state index in [1.165, 1.54) is 6.42 Å². The molecule has 0 aliphatic carbocycles. The molecule has 1 aliphatic heterocycles. The Labute approximate surface area is 87.2 Å². The van der Waals surface area contributed by atoms with Gasteiger partial charge >= 0.3 is 0 Å². The number of ether oxygens (including phenoxy) is 2. The predicted molar refractivity (Wildman–Crippen MR) is 57.5 cm³/mol. The van der Waals surface area contributed by atoms with Crippen molar-refractivity contribution in [3.63, 3.8) is 0 Å². The summed E-state index contributed by atoms with van der Waals surface area (Å²) >= 11 is 0. The first-order valence-electron chi connectivity index (χ1n) is 5.70. The quantitative estimate of drug-likeness (QED) is 0.676. The third kappa shape index (κ3) is 3.56. The first-order valence-corrected chi connectivity index (χ1v) is 5.70. The molecular formula is C11H23NO2. The number of hydrogen-bond donors (Lipinski definition) is 1. The fourth-order valence-electron chi connectivity index (χ4n) is 1.52. The molecule has 0 aromatic rings. The summed E-state index contributed by atoms with van der Waals surface area (Å²) in [5.41, 5.74) is 0. The second kappa shape index (κ2) is 6.38. The maximum atomic E-state index is 5.73. The van der Waals surface area contributed by atoms with Gasteiger partial charge in [0.15, 0.2) is 0 Å². The van der Waals surface area contributed by atoms with Crippen LogP contribution in [0.1, 0.15) is 27.2 Å². The molecule has 3 nitrogen and oxygen atoms in total. The van der Waals surface area contributed by atoms with E-state index < -0.39 is 0 Å². The van der Waals surface area contributed by atoms with Gasteiger partial charge in [0.2, 0.25) is 0 Å². The van der Waals surface area contributed by atoms with Crippen LogP contribution in [0.3, 0.4) is 0 Å². The lowest BCUT2D eigenvalue weighted by Gasteiger charge is -2.30. The van der Waals surface area contributed by atoms with Crippen molar-refractivity contribution in [2.75, 3.05) is 26.4 Å². The van der Waals surface area contributed by atoms with Crippen LogP contribution >= 0.6 is 0 Å². The average molecular weight is 201 g/mol. The van der Waals surface area contributed by atoms with Gasteiger partial charge < -0.3 is 14.8 Å². The Balaban J connectivity index is 2.19. The highest BCUT2D eigenvalue weighted by Crippen LogP contribution is 2.11. The van der Waals surface area contributed by atoms with E-state index in [1.807, 2.05) is 0 Å². The lowest BCUT2D eigenvalue weighted by Crippen LogP contribution is -2.43. The van der Waals surface area contributed by atoms with Gasteiger partial charge in [-0.05, 0) is 12.5 Å². The maximum Gasteiger partial charge on any atom is 0.104 e. The second-order valence-electron chi connectivity index (χ2n) is 4.04. The van der Waals surface area contributed by atoms with E-state index in [9.17, 15) is 0 Å². The monoisotopic (exact) mass is 201 g/mol. The Bertz CT molecular complexity index is 148. The van der Waals surface area contributed by atoms with Crippen molar-refractivity contribution in [1.82, 2.24) is 5.32 Å². The Kier molecular flexibility index (Phi) is 5.45. The molecule has 0 amide bonds. The molecule has 84 valence electrons. The number of rotatable bonds is 7. The molecular weight excluding hydrogens is 178 g/mol. The third-order valence-corrected chi connectivity index (χ3v) is 2.92. The molecule has 0 aromatic heterocycles. The van der Waals surface area contributed by atoms with Crippen LogP contribution in [0, 0.1) is 5.92 Å². The van der Waals surface area contributed by atoms with Gasteiger partial charge in [-0.25, -0.2) is 0 Å². The van der Waals surface area contributed by atoms with Gasteiger partial charge in [-0.1, -0.05) is 27.2 Å². The fourth-order valence-corrected chi connectivity index (χ4v) is 1.52. The molecule has 3 heteroatoms.